The SMILES string of the molecule is CC(C)CN(CC1CN(C(=O)c2ccc(F)cc2)CCO1)C(=O)c1cccc(F)c1. The van der Waals surface area contributed by atoms with Gasteiger partial charge in [-0.25, -0.2) is 8.78 Å². The lowest BCUT2D eigenvalue weighted by Crippen LogP contribution is -2.51. The minimum Gasteiger partial charge on any atom is -0.373 e. The number of nitrogens with zero attached hydrogens (tertiary/aromatic N) is 2. The molecule has 0 bridgehead atoms. The van der Waals surface area contributed by atoms with Crippen LogP contribution in [-0.4, -0.2) is 60.5 Å². The van der Waals surface area contributed by atoms with E-state index in [-0.39, 0.29) is 29.4 Å². The maximum Gasteiger partial charge on any atom is 0.254 e. The molecule has 2 amide bonds. The molecular weight excluding hydrogens is 390 g/mol. The number of ether oxygens (including phenoxy) is 1. The highest BCUT2D eigenvalue weighted by atomic mass is 19.1. The fourth-order valence-electron chi connectivity index (χ4n) is 3.52. The van der Waals surface area contributed by atoms with Gasteiger partial charge in [0.2, 0.25) is 0 Å². The Morgan fingerprint density at radius 1 is 1.10 bits per heavy atom. The second kappa shape index (κ2) is 9.80. The van der Waals surface area contributed by atoms with E-state index in [1.54, 1.807) is 15.9 Å². The van der Waals surface area contributed by atoms with Crippen molar-refractivity contribution >= 4 is 11.8 Å². The van der Waals surface area contributed by atoms with E-state index < -0.39 is 11.6 Å². The normalized spacial score (nSPS) is 16.6. The first-order valence-corrected chi connectivity index (χ1v) is 10.0. The molecule has 1 aliphatic rings. The molecule has 2 aromatic rings. The summed E-state index contributed by atoms with van der Waals surface area (Å²) in [5, 5.41) is 0. The van der Waals surface area contributed by atoms with Crippen molar-refractivity contribution in [3.8, 4) is 0 Å². The maximum absolute atomic E-state index is 13.6. The van der Waals surface area contributed by atoms with Gasteiger partial charge in [0.05, 0.1) is 12.7 Å². The van der Waals surface area contributed by atoms with E-state index in [4.69, 9.17) is 4.74 Å². The second-order valence-electron chi connectivity index (χ2n) is 7.87. The van der Waals surface area contributed by atoms with Crippen LogP contribution >= 0.6 is 0 Å². The molecule has 1 unspecified atom stereocenters. The summed E-state index contributed by atoms with van der Waals surface area (Å²) >= 11 is 0. The number of benzene rings is 2. The van der Waals surface area contributed by atoms with E-state index in [0.29, 0.717) is 38.3 Å². The highest BCUT2D eigenvalue weighted by Crippen LogP contribution is 2.15. The molecule has 0 aliphatic carbocycles. The van der Waals surface area contributed by atoms with Crippen molar-refractivity contribution in [3.63, 3.8) is 0 Å². The van der Waals surface area contributed by atoms with Crippen LogP contribution in [0.25, 0.3) is 0 Å². The molecule has 5 nitrogen and oxygen atoms in total. The third-order valence-corrected chi connectivity index (χ3v) is 4.89. The number of carbonyl (C=O) groups is 2. The van der Waals surface area contributed by atoms with Gasteiger partial charge in [0.25, 0.3) is 11.8 Å². The Kier molecular flexibility index (Phi) is 7.15. The number of morpholine rings is 1. The molecule has 1 heterocycles. The Bertz CT molecular complexity index is 886. The highest BCUT2D eigenvalue weighted by Gasteiger charge is 2.28. The van der Waals surface area contributed by atoms with Gasteiger partial charge in [0.1, 0.15) is 11.6 Å². The Hall–Kier alpha value is -2.80. The summed E-state index contributed by atoms with van der Waals surface area (Å²) in [5.74, 6) is -1.12. The fourth-order valence-corrected chi connectivity index (χ4v) is 3.52. The molecule has 2 aromatic carbocycles. The quantitative estimate of drug-likeness (QED) is 0.723. The van der Waals surface area contributed by atoms with Crippen LogP contribution < -0.4 is 0 Å². The number of hydrogen-bond donors (Lipinski definition) is 0. The third kappa shape index (κ3) is 5.63. The first-order valence-electron chi connectivity index (χ1n) is 10.0. The topological polar surface area (TPSA) is 49.9 Å². The molecule has 0 N–H and O–H groups in total. The molecule has 0 saturated carbocycles. The number of halogens is 2. The lowest BCUT2D eigenvalue weighted by atomic mass is 10.1. The number of amides is 2. The molecule has 30 heavy (non-hydrogen) atoms. The van der Waals surface area contributed by atoms with Crippen molar-refractivity contribution in [1.82, 2.24) is 9.80 Å². The van der Waals surface area contributed by atoms with Crippen LogP contribution in [0, 0.1) is 17.6 Å². The summed E-state index contributed by atoms with van der Waals surface area (Å²) in [7, 11) is 0. The van der Waals surface area contributed by atoms with Crippen LogP contribution in [0.3, 0.4) is 0 Å². The Morgan fingerprint density at radius 2 is 1.83 bits per heavy atom. The molecule has 0 spiro atoms. The van der Waals surface area contributed by atoms with Gasteiger partial charge >= 0.3 is 0 Å². The molecule has 1 fully saturated rings. The van der Waals surface area contributed by atoms with Gasteiger partial charge in [0.15, 0.2) is 0 Å². The van der Waals surface area contributed by atoms with E-state index >= 15 is 0 Å². The molecule has 1 atom stereocenters. The van der Waals surface area contributed by atoms with E-state index in [0.717, 1.165) is 0 Å². The first-order chi connectivity index (χ1) is 14.3. The van der Waals surface area contributed by atoms with Crippen LogP contribution in [0.4, 0.5) is 8.78 Å². The summed E-state index contributed by atoms with van der Waals surface area (Å²) in [4.78, 5) is 29.0. The molecule has 7 heteroatoms. The Morgan fingerprint density at radius 3 is 2.50 bits per heavy atom. The zero-order chi connectivity index (χ0) is 21.7. The highest BCUT2D eigenvalue weighted by molar-refractivity contribution is 5.95. The average molecular weight is 416 g/mol. The summed E-state index contributed by atoms with van der Waals surface area (Å²) in [6, 6.07) is 11.1. The van der Waals surface area contributed by atoms with Gasteiger partial charge in [-0.2, -0.15) is 0 Å². The lowest BCUT2D eigenvalue weighted by molar-refractivity contribution is -0.0340. The molecule has 1 saturated heterocycles. The minimum absolute atomic E-state index is 0.199. The maximum atomic E-state index is 13.6. The fraction of sp³-hybridized carbons (Fsp3) is 0.391. The lowest BCUT2D eigenvalue weighted by Gasteiger charge is -2.36. The number of hydrogen-bond acceptors (Lipinski definition) is 3. The van der Waals surface area contributed by atoms with E-state index in [9.17, 15) is 18.4 Å². The van der Waals surface area contributed by atoms with Crippen LogP contribution in [0.15, 0.2) is 48.5 Å². The smallest absolute Gasteiger partial charge is 0.254 e. The van der Waals surface area contributed by atoms with Gasteiger partial charge in [-0.05, 0) is 48.4 Å². The molecule has 1 aliphatic heterocycles. The molecule has 160 valence electrons. The Balaban J connectivity index is 1.70. The van der Waals surface area contributed by atoms with Crippen LogP contribution in [-0.2, 0) is 4.74 Å². The molecular formula is C23H26F2N2O3. The molecule has 0 radical (unpaired) electrons. The zero-order valence-electron chi connectivity index (χ0n) is 17.2. The number of rotatable bonds is 6. The number of carbonyl (C=O) groups excluding carboxylic acids is 2. The van der Waals surface area contributed by atoms with Crippen molar-refractivity contribution in [1.29, 1.82) is 0 Å². The van der Waals surface area contributed by atoms with Crippen molar-refractivity contribution in [3.05, 3.63) is 71.3 Å². The van der Waals surface area contributed by atoms with Crippen molar-refractivity contribution in [2.75, 3.05) is 32.8 Å². The van der Waals surface area contributed by atoms with E-state index in [1.807, 2.05) is 13.8 Å². The zero-order valence-corrected chi connectivity index (χ0v) is 17.2. The predicted molar refractivity (Wildman–Crippen MR) is 109 cm³/mol. The van der Waals surface area contributed by atoms with Crippen LogP contribution in [0.1, 0.15) is 34.6 Å². The summed E-state index contributed by atoms with van der Waals surface area (Å²) in [6.45, 7) is 5.87. The Labute approximate surface area is 175 Å². The molecule has 0 aromatic heterocycles. The molecule has 3 rings (SSSR count). The van der Waals surface area contributed by atoms with Gasteiger partial charge in [0, 0.05) is 37.3 Å². The largest absolute Gasteiger partial charge is 0.373 e. The predicted octanol–water partition coefficient (Wildman–Crippen LogP) is 3.60. The van der Waals surface area contributed by atoms with Crippen molar-refractivity contribution in [2.45, 2.75) is 20.0 Å². The van der Waals surface area contributed by atoms with Gasteiger partial charge in [-0.15, -0.1) is 0 Å². The van der Waals surface area contributed by atoms with Crippen LogP contribution in [0.2, 0.25) is 0 Å². The van der Waals surface area contributed by atoms with Crippen molar-refractivity contribution < 1.29 is 23.1 Å². The van der Waals surface area contributed by atoms with E-state index in [2.05, 4.69) is 0 Å². The van der Waals surface area contributed by atoms with Gasteiger partial charge < -0.3 is 14.5 Å². The summed E-state index contributed by atoms with van der Waals surface area (Å²) in [5.41, 5.74) is 0.692. The van der Waals surface area contributed by atoms with Gasteiger partial charge in [-0.3, -0.25) is 9.59 Å². The minimum atomic E-state index is -0.463. The summed E-state index contributed by atoms with van der Waals surface area (Å²) < 4.78 is 32.5. The van der Waals surface area contributed by atoms with Gasteiger partial charge in [-0.1, -0.05) is 19.9 Å². The second-order valence-corrected chi connectivity index (χ2v) is 7.87. The third-order valence-electron chi connectivity index (χ3n) is 4.89. The van der Waals surface area contributed by atoms with Crippen molar-refractivity contribution in [2.24, 2.45) is 5.92 Å². The monoisotopic (exact) mass is 416 g/mol. The van der Waals surface area contributed by atoms with E-state index in [1.165, 1.54) is 42.5 Å². The summed E-state index contributed by atoms with van der Waals surface area (Å²) in [6.07, 6.45) is -0.362. The van der Waals surface area contributed by atoms with Crippen LogP contribution in [0.5, 0.6) is 0 Å². The average Bonchev–Trinajstić information content (AvgIpc) is 2.72. The first kappa shape index (κ1) is 21.9. The standard InChI is InChI=1S/C23H26F2N2O3/c1-16(2)13-27(23(29)18-4-3-5-20(25)12-18)15-21-14-26(10-11-30-21)22(28)17-6-8-19(24)9-7-17/h3-9,12,16,21H,10-11,13-15H2,1-2H3.